The number of hydrogen-bond donors (Lipinski definition) is 1. The molecule has 1 aromatic carbocycles. The van der Waals surface area contributed by atoms with Gasteiger partial charge in [-0.2, -0.15) is 0 Å². The third kappa shape index (κ3) is 3.00. The number of hydrogen-bond acceptors (Lipinski definition) is 5. The zero-order valence-corrected chi connectivity index (χ0v) is 16.4. The molecule has 28 heavy (non-hydrogen) atoms. The molecule has 3 heterocycles. The maximum Gasteiger partial charge on any atom is 0.294 e. The van der Waals surface area contributed by atoms with Crippen LogP contribution >= 0.6 is 22.9 Å². The minimum atomic E-state index is -0.797. The van der Waals surface area contributed by atoms with Gasteiger partial charge in [0.05, 0.1) is 16.5 Å². The molecule has 0 aliphatic carbocycles. The van der Waals surface area contributed by atoms with Gasteiger partial charge in [-0.25, -0.2) is 0 Å². The molecule has 0 fully saturated rings. The Kier molecular flexibility index (Phi) is 4.75. The molecule has 1 aliphatic rings. The molecule has 2 aromatic heterocycles. The fourth-order valence-corrected chi connectivity index (χ4v) is 4.08. The normalized spacial score (nSPS) is 16.7. The van der Waals surface area contributed by atoms with E-state index in [2.05, 4.69) is 4.98 Å². The number of aromatic nitrogens is 1. The van der Waals surface area contributed by atoms with Crippen LogP contribution in [-0.2, 0) is 4.79 Å². The maximum absolute atomic E-state index is 13.1. The third-order valence-electron chi connectivity index (χ3n) is 4.63. The number of anilines is 1. The van der Waals surface area contributed by atoms with Gasteiger partial charge in [-0.1, -0.05) is 29.8 Å². The Morgan fingerprint density at radius 2 is 2.07 bits per heavy atom. The first-order valence-electron chi connectivity index (χ1n) is 8.50. The van der Waals surface area contributed by atoms with Crippen molar-refractivity contribution in [2.75, 3.05) is 4.90 Å². The summed E-state index contributed by atoms with van der Waals surface area (Å²) in [5.41, 5.74) is 2.02. The van der Waals surface area contributed by atoms with E-state index in [0.717, 1.165) is 5.56 Å². The van der Waals surface area contributed by atoms with Crippen LogP contribution in [0, 0.1) is 6.92 Å². The summed E-state index contributed by atoms with van der Waals surface area (Å²) < 4.78 is 0. The van der Waals surface area contributed by atoms with E-state index >= 15 is 0 Å². The summed E-state index contributed by atoms with van der Waals surface area (Å²) in [7, 11) is 0. The van der Waals surface area contributed by atoms with Gasteiger partial charge in [-0.05, 0) is 47.7 Å². The summed E-state index contributed by atoms with van der Waals surface area (Å²) in [5, 5.41) is 12.9. The lowest BCUT2D eigenvalue weighted by Gasteiger charge is -2.27. The van der Waals surface area contributed by atoms with Crippen molar-refractivity contribution >= 4 is 40.3 Å². The second-order valence-corrected chi connectivity index (χ2v) is 7.72. The monoisotopic (exact) mass is 410 g/mol. The lowest BCUT2D eigenvalue weighted by molar-refractivity contribution is -0.117. The van der Waals surface area contributed by atoms with Crippen LogP contribution in [0.15, 0.2) is 71.6 Å². The number of ketones is 1. The van der Waals surface area contributed by atoms with Crippen molar-refractivity contribution in [3.8, 4) is 0 Å². The fourth-order valence-electron chi connectivity index (χ4n) is 3.23. The number of amides is 1. The van der Waals surface area contributed by atoms with Crippen molar-refractivity contribution in [2.45, 2.75) is 13.0 Å². The van der Waals surface area contributed by atoms with E-state index < -0.39 is 17.7 Å². The Morgan fingerprint density at radius 1 is 1.25 bits per heavy atom. The molecular formula is C21H15ClN2O3S. The van der Waals surface area contributed by atoms with Gasteiger partial charge in [-0.3, -0.25) is 19.5 Å². The van der Waals surface area contributed by atoms with Crippen LogP contribution in [0.3, 0.4) is 0 Å². The Hall–Kier alpha value is -2.96. The first-order chi connectivity index (χ1) is 13.5. The number of carbonyl (C=O) groups is 2. The molecule has 0 spiro atoms. The van der Waals surface area contributed by atoms with Gasteiger partial charge in [0.15, 0.2) is 5.76 Å². The summed E-state index contributed by atoms with van der Waals surface area (Å²) in [4.78, 5) is 32.0. The summed E-state index contributed by atoms with van der Waals surface area (Å²) in [6, 6.07) is 11.3. The van der Waals surface area contributed by atoms with Crippen molar-refractivity contribution in [3.05, 3.63) is 92.6 Å². The number of aliphatic hydroxyl groups excluding tert-OH is 1. The lowest BCUT2D eigenvalue weighted by atomic mass is 9.96. The molecule has 3 aromatic rings. The molecule has 1 amide bonds. The van der Waals surface area contributed by atoms with Crippen molar-refractivity contribution in [1.82, 2.24) is 4.98 Å². The second-order valence-electron chi connectivity index (χ2n) is 6.37. The summed E-state index contributed by atoms with van der Waals surface area (Å²) >= 11 is 7.52. The Balaban J connectivity index is 1.89. The predicted octanol–water partition coefficient (Wildman–Crippen LogP) is 4.89. The molecule has 1 atom stereocenters. The number of benzene rings is 1. The quantitative estimate of drug-likeness (QED) is 0.622. The van der Waals surface area contributed by atoms with E-state index in [0.29, 0.717) is 21.2 Å². The van der Waals surface area contributed by atoms with E-state index in [9.17, 15) is 14.7 Å². The second kappa shape index (κ2) is 7.22. The highest BCUT2D eigenvalue weighted by atomic mass is 35.5. The Bertz CT molecular complexity index is 1090. The fraction of sp³-hybridized carbons (Fsp3) is 0.0952. The van der Waals surface area contributed by atoms with Crippen LogP contribution in [0.5, 0.6) is 0 Å². The summed E-state index contributed by atoms with van der Waals surface area (Å²) in [6.07, 6.45) is 3.19. The van der Waals surface area contributed by atoms with E-state index in [1.54, 1.807) is 60.2 Å². The number of aryl methyl sites for hydroxylation is 1. The Morgan fingerprint density at radius 3 is 2.71 bits per heavy atom. The summed E-state index contributed by atoms with van der Waals surface area (Å²) in [5.74, 6) is -1.58. The number of Topliss-reactive ketones (excluding diaryl/α,β-unsaturated/α-hetero) is 1. The lowest BCUT2D eigenvalue weighted by Crippen LogP contribution is -2.31. The van der Waals surface area contributed by atoms with E-state index in [1.807, 2.05) is 6.92 Å². The number of thiophene rings is 1. The number of rotatable bonds is 4. The molecule has 0 saturated heterocycles. The first kappa shape index (κ1) is 18.4. The highest BCUT2D eigenvalue weighted by Crippen LogP contribution is 2.42. The highest BCUT2D eigenvalue weighted by Gasteiger charge is 2.45. The maximum atomic E-state index is 13.1. The van der Waals surface area contributed by atoms with Crippen molar-refractivity contribution < 1.29 is 14.7 Å². The molecule has 0 bridgehead atoms. The zero-order valence-electron chi connectivity index (χ0n) is 14.8. The molecule has 0 radical (unpaired) electrons. The molecule has 4 rings (SSSR count). The molecule has 1 N–H and O–H groups in total. The van der Waals surface area contributed by atoms with Crippen molar-refractivity contribution in [3.63, 3.8) is 0 Å². The van der Waals surface area contributed by atoms with Gasteiger partial charge >= 0.3 is 0 Å². The molecule has 0 saturated carbocycles. The molecule has 140 valence electrons. The topological polar surface area (TPSA) is 70.5 Å². The Labute approximate surface area is 170 Å². The minimum Gasteiger partial charge on any atom is -0.503 e. The van der Waals surface area contributed by atoms with Crippen LogP contribution < -0.4 is 4.90 Å². The molecule has 1 unspecified atom stereocenters. The van der Waals surface area contributed by atoms with Crippen LogP contribution in [0.1, 0.15) is 26.8 Å². The number of halogens is 1. The SMILES string of the molecule is Cc1ccc(N2C(=O)C(O)=C(C(=O)c3cccs3)C2c2cccnc2)cc1Cl. The van der Waals surface area contributed by atoms with E-state index in [-0.39, 0.29) is 11.4 Å². The number of carbonyl (C=O) groups excluding carboxylic acids is 2. The standard InChI is InChI=1S/C21H15ClN2O3S/c1-12-6-7-14(10-15(12)22)24-18(13-4-2-8-23-11-13)17(20(26)21(24)27)19(25)16-5-3-9-28-16/h2-11,18,26H,1H3. The van der Waals surface area contributed by atoms with Crippen molar-refractivity contribution in [1.29, 1.82) is 0 Å². The van der Waals surface area contributed by atoms with Gasteiger partial charge in [0.2, 0.25) is 5.78 Å². The van der Waals surface area contributed by atoms with Crippen LogP contribution in [0.25, 0.3) is 0 Å². The first-order valence-corrected chi connectivity index (χ1v) is 9.75. The molecule has 7 heteroatoms. The smallest absolute Gasteiger partial charge is 0.294 e. The van der Waals surface area contributed by atoms with Gasteiger partial charge in [0, 0.05) is 23.1 Å². The van der Waals surface area contributed by atoms with E-state index in [1.165, 1.54) is 16.2 Å². The summed E-state index contributed by atoms with van der Waals surface area (Å²) in [6.45, 7) is 1.86. The molecule has 1 aliphatic heterocycles. The van der Waals surface area contributed by atoms with Crippen LogP contribution in [0.2, 0.25) is 5.02 Å². The average molecular weight is 411 g/mol. The van der Waals surface area contributed by atoms with Gasteiger partial charge < -0.3 is 5.11 Å². The number of aliphatic hydroxyl groups is 1. The molecular weight excluding hydrogens is 396 g/mol. The van der Waals surface area contributed by atoms with E-state index in [4.69, 9.17) is 11.6 Å². The van der Waals surface area contributed by atoms with Crippen LogP contribution in [0.4, 0.5) is 5.69 Å². The third-order valence-corrected chi connectivity index (χ3v) is 5.91. The van der Waals surface area contributed by atoms with Crippen LogP contribution in [-0.4, -0.2) is 21.8 Å². The number of nitrogens with zero attached hydrogens (tertiary/aromatic N) is 2. The molecule has 5 nitrogen and oxygen atoms in total. The number of pyridine rings is 1. The zero-order chi connectivity index (χ0) is 19.8. The van der Waals surface area contributed by atoms with Gasteiger partial charge in [0.25, 0.3) is 5.91 Å². The average Bonchev–Trinajstić information content (AvgIpc) is 3.32. The largest absolute Gasteiger partial charge is 0.503 e. The predicted molar refractivity (Wildman–Crippen MR) is 109 cm³/mol. The van der Waals surface area contributed by atoms with Crippen molar-refractivity contribution in [2.24, 2.45) is 0 Å². The highest BCUT2D eigenvalue weighted by molar-refractivity contribution is 7.12. The van der Waals surface area contributed by atoms with Gasteiger partial charge in [-0.15, -0.1) is 11.3 Å². The van der Waals surface area contributed by atoms with Gasteiger partial charge in [0.1, 0.15) is 0 Å². The minimum absolute atomic E-state index is 0.0390.